The van der Waals surface area contributed by atoms with Gasteiger partial charge in [-0.2, -0.15) is 0 Å². The summed E-state index contributed by atoms with van der Waals surface area (Å²) in [5.74, 6) is -1.08. The predicted octanol–water partition coefficient (Wildman–Crippen LogP) is -0.553. The Hall–Kier alpha value is -2.09. The van der Waals surface area contributed by atoms with Crippen LogP contribution in [0, 0.1) is 0 Å². The SMILES string of the molecule is O=C(O)[C@H](Cc1c[nH]cn1)NC(=O)N1CCOCC1. The third-order valence-corrected chi connectivity index (χ3v) is 2.86. The number of H-pyrrole nitrogens is 1. The summed E-state index contributed by atoms with van der Waals surface area (Å²) < 4.78 is 5.14. The Morgan fingerprint density at radius 2 is 2.26 bits per heavy atom. The fraction of sp³-hybridized carbons (Fsp3) is 0.545. The number of morpholine rings is 1. The average molecular weight is 268 g/mol. The summed E-state index contributed by atoms with van der Waals surface area (Å²) >= 11 is 0. The third kappa shape index (κ3) is 3.68. The van der Waals surface area contributed by atoms with Crippen LogP contribution in [-0.4, -0.2) is 64.3 Å². The number of hydrogen-bond donors (Lipinski definition) is 3. The lowest BCUT2D eigenvalue weighted by Gasteiger charge is -2.28. The van der Waals surface area contributed by atoms with Gasteiger partial charge in [0.25, 0.3) is 0 Å². The Labute approximate surface area is 109 Å². The van der Waals surface area contributed by atoms with Gasteiger partial charge in [0.1, 0.15) is 6.04 Å². The minimum Gasteiger partial charge on any atom is -0.480 e. The molecule has 1 aromatic heterocycles. The first kappa shape index (κ1) is 13.3. The van der Waals surface area contributed by atoms with E-state index < -0.39 is 12.0 Å². The molecule has 19 heavy (non-hydrogen) atoms. The maximum atomic E-state index is 11.9. The molecule has 2 amide bonds. The number of aromatic nitrogens is 2. The van der Waals surface area contributed by atoms with E-state index >= 15 is 0 Å². The Balaban J connectivity index is 1.92. The molecule has 104 valence electrons. The van der Waals surface area contributed by atoms with Crippen molar-refractivity contribution in [3.63, 3.8) is 0 Å². The van der Waals surface area contributed by atoms with Crippen LogP contribution in [0.5, 0.6) is 0 Å². The zero-order valence-corrected chi connectivity index (χ0v) is 10.3. The van der Waals surface area contributed by atoms with Crippen molar-refractivity contribution < 1.29 is 19.4 Å². The number of hydrogen-bond acceptors (Lipinski definition) is 4. The van der Waals surface area contributed by atoms with Gasteiger partial charge in [0.2, 0.25) is 0 Å². The molecule has 1 aromatic rings. The van der Waals surface area contributed by atoms with Gasteiger partial charge >= 0.3 is 12.0 Å². The van der Waals surface area contributed by atoms with Gasteiger partial charge in [0, 0.05) is 25.7 Å². The molecule has 0 aromatic carbocycles. The second-order valence-corrected chi connectivity index (χ2v) is 4.20. The number of rotatable bonds is 4. The van der Waals surface area contributed by atoms with E-state index in [1.54, 1.807) is 11.1 Å². The van der Waals surface area contributed by atoms with Crippen LogP contribution in [0.4, 0.5) is 4.79 Å². The van der Waals surface area contributed by atoms with Crippen LogP contribution in [0.25, 0.3) is 0 Å². The molecule has 3 N–H and O–H groups in total. The molecule has 1 atom stereocenters. The van der Waals surface area contributed by atoms with Crippen molar-refractivity contribution in [2.75, 3.05) is 26.3 Å². The number of amides is 2. The van der Waals surface area contributed by atoms with E-state index in [2.05, 4.69) is 15.3 Å². The number of nitrogens with zero attached hydrogens (tertiary/aromatic N) is 2. The summed E-state index contributed by atoms with van der Waals surface area (Å²) in [5.41, 5.74) is 0.592. The van der Waals surface area contributed by atoms with Crippen LogP contribution in [0.3, 0.4) is 0 Å². The van der Waals surface area contributed by atoms with Crippen LogP contribution in [0.15, 0.2) is 12.5 Å². The van der Waals surface area contributed by atoms with Crippen molar-refractivity contribution in [1.82, 2.24) is 20.2 Å². The third-order valence-electron chi connectivity index (χ3n) is 2.86. The lowest BCUT2D eigenvalue weighted by molar-refractivity contribution is -0.139. The van der Waals surface area contributed by atoms with Crippen molar-refractivity contribution in [2.24, 2.45) is 0 Å². The van der Waals surface area contributed by atoms with Gasteiger partial charge in [-0.25, -0.2) is 14.6 Å². The Morgan fingerprint density at radius 1 is 1.53 bits per heavy atom. The zero-order chi connectivity index (χ0) is 13.7. The van der Waals surface area contributed by atoms with Crippen LogP contribution < -0.4 is 5.32 Å². The molecule has 1 aliphatic rings. The minimum absolute atomic E-state index is 0.148. The van der Waals surface area contributed by atoms with E-state index in [-0.39, 0.29) is 12.5 Å². The lowest BCUT2D eigenvalue weighted by atomic mass is 10.1. The molecule has 8 heteroatoms. The summed E-state index contributed by atoms with van der Waals surface area (Å²) in [6.07, 6.45) is 3.23. The summed E-state index contributed by atoms with van der Waals surface area (Å²) in [6.45, 7) is 1.90. The molecular weight excluding hydrogens is 252 g/mol. The Bertz CT molecular complexity index is 428. The van der Waals surface area contributed by atoms with E-state index in [0.717, 1.165) is 0 Å². The molecule has 2 rings (SSSR count). The van der Waals surface area contributed by atoms with Gasteiger partial charge in [-0.1, -0.05) is 0 Å². The fourth-order valence-corrected chi connectivity index (χ4v) is 1.82. The Morgan fingerprint density at radius 3 is 2.84 bits per heavy atom. The largest absolute Gasteiger partial charge is 0.480 e. The second kappa shape index (κ2) is 6.19. The van der Waals surface area contributed by atoms with E-state index in [0.29, 0.717) is 32.0 Å². The number of urea groups is 1. The van der Waals surface area contributed by atoms with Gasteiger partial charge in [-0.15, -0.1) is 0 Å². The summed E-state index contributed by atoms with van der Waals surface area (Å²) in [7, 11) is 0. The van der Waals surface area contributed by atoms with Gasteiger partial charge in [0.15, 0.2) is 0 Å². The number of ether oxygens (including phenoxy) is 1. The number of aromatic amines is 1. The number of imidazole rings is 1. The van der Waals surface area contributed by atoms with Crippen LogP contribution in [-0.2, 0) is 16.0 Å². The minimum atomic E-state index is -1.08. The molecular formula is C11H16N4O4. The molecule has 1 saturated heterocycles. The van der Waals surface area contributed by atoms with Crippen molar-refractivity contribution in [1.29, 1.82) is 0 Å². The first-order valence-corrected chi connectivity index (χ1v) is 6.00. The van der Waals surface area contributed by atoms with Crippen LogP contribution >= 0.6 is 0 Å². The summed E-state index contributed by atoms with van der Waals surface area (Å²) in [5, 5.41) is 11.6. The second-order valence-electron chi connectivity index (χ2n) is 4.20. The fourth-order valence-electron chi connectivity index (χ4n) is 1.82. The molecule has 0 aliphatic carbocycles. The monoisotopic (exact) mass is 268 g/mol. The quantitative estimate of drug-likeness (QED) is 0.679. The smallest absolute Gasteiger partial charge is 0.326 e. The topological polar surface area (TPSA) is 108 Å². The molecule has 1 aliphatic heterocycles. The van der Waals surface area contributed by atoms with E-state index in [1.165, 1.54) is 6.33 Å². The van der Waals surface area contributed by atoms with Crippen LogP contribution in [0.2, 0.25) is 0 Å². The Kier molecular flexibility index (Phi) is 4.35. The summed E-state index contributed by atoms with van der Waals surface area (Å²) in [6, 6.07) is -1.37. The van der Waals surface area contributed by atoms with Gasteiger partial charge in [0.05, 0.1) is 25.2 Å². The number of carboxylic acid groups (broad SMARTS) is 1. The van der Waals surface area contributed by atoms with Crippen molar-refractivity contribution in [3.8, 4) is 0 Å². The molecule has 2 heterocycles. The number of nitrogens with one attached hydrogen (secondary N) is 2. The maximum absolute atomic E-state index is 11.9. The first-order chi connectivity index (χ1) is 9.16. The zero-order valence-electron chi connectivity index (χ0n) is 10.3. The molecule has 0 saturated carbocycles. The molecule has 0 radical (unpaired) electrons. The highest BCUT2D eigenvalue weighted by Crippen LogP contribution is 2.02. The number of carbonyl (C=O) groups excluding carboxylic acids is 1. The normalized spacial score (nSPS) is 16.9. The summed E-state index contributed by atoms with van der Waals surface area (Å²) in [4.78, 5) is 31.3. The standard InChI is InChI=1S/C11H16N4O4/c16-10(17)9(5-8-6-12-7-13-8)14-11(18)15-1-3-19-4-2-15/h6-7,9H,1-5H2,(H,12,13)(H,14,18)(H,16,17)/t9-/m0/s1. The first-order valence-electron chi connectivity index (χ1n) is 6.00. The van der Waals surface area contributed by atoms with E-state index in [4.69, 9.17) is 9.84 Å². The molecule has 1 fully saturated rings. The van der Waals surface area contributed by atoms with E-state index in [9.17, 15) is 9.59 Å². The molecule has 0 unspecified atom stereocenters. The van der Waals surface area contributed by atoms with Gasteiger partial charge in [-0.05, 0) is 0 Å². The molecule has 8 nitrogen and oxygen atoms in total. The number of carboxylic acids is 1. The highest BCUT2D eigenvalue weighted by Gasteiger charge is 2.25. The van der Waals surface area contributed by atoms with E-state index in [1.807, 2.05) is 0 Å². The van der Waals surface area contributed by atoms with Crippen molar-refractivity contribution in [3.05, 3.63) is 18.2 Å². The van der Waals surface area contributed by atoms with Gasteiger partial charge in [-0.3, -0.25) is 0 Å². The maximum Gasteiger partial charge on any atom is 0.326 e. The molecule has 0 bridgehead atoms. The lowest BCUT2D eigenvalue weighted by Crippen LogP contribution is -2.51. The predicted molar refractivity (Wildman–Crippen MR) is 64.6 cm³/mol. The van der Waals surface area contributed by atoms with Crippen molar-refractivity contribution >= 4 is 12.0 Å². The van der Waals surface area contributed by atoms with Gasteiger partial charge < -0.3 is 25.0 Å². The van der Waals surface area contributed by atoms with Crippen LogP contribution in [0.1, 0.15) is 5.69 Å². The average Bonchev–Trinajstić information content (AvgIpc) is 2.91. The number of carbonyl (C=O) groups is 2. The highest BCUT2D eigenvalue weighted by molar-refractivity contribution is 5.82. The van der Waals surface area contributed by atoms with Crippen molar-refractivity contribution in [2.45, 2.75) is 12.5 Å². The molecule has 0 spiro atoms. The highest BCUT2D eigenvalue weighted by atomic mass is 16.5. The number of aliphatic carboxylic acids is 1.